The molecule has 3 unspecified atom stereocenters. The molecule has 3 heterocycles. The molecule has 3 rings (SSSR count). The number of aromatic nitrogens is 3. The largest absolute Gasteiger partial charge is 0.490 e. The number of aromatic amines is 1. The third-order valence-corrected chi connectivity index (χ3v) is 7.73. The van der Waals surface area contributed by atoms with Gasteiger partial charge in [0, 0.05) is 17.6 Å². The SMILES string of the molecule is O=c1nc2[nH]c(F)cc2cn1[C@@H]1O[C@H](COP(=O)(O)OP(=O)(O)OP(=O)(O)O)C(O)[C@@H]1O. The van der Waals surface area contributed by atoms with Crippen molar-refractivity contribution in [1.29, 1.82) is 0 Å². The van der Waals surface area contributed by atoms with Gasteiger partial charge in [-0.2, -0.15) is 18.0 Å². The van der Waals surface area contributed by atoms with Gasteiger partial charge in [0.1, 0.15) is 24.0 Å². The molecule has 2 aromatic rings. The molecule has 2 aromatic heterocycles. The van der Waals surface area contributed by atoms with Gasteiger partial charge in [-0.1, -0.05) is 0 Å². The predicted molar refractivity (Wildman–Crippen MR) is 96.1 cm³/mol. The summed E-state index contributed by atoms with van der Waals surface area (Å²) in [7, 11) is -16.8. The highest BCUT2D eigenvalue weighted by molar-refractivity contribution is 7.66. The summed E-state index contributed by atoms with van der Waals surface area (Å²) in [5.41, 5.74) is -1.11. The van der Waals surface area contributed by atoms with Crippen LogP contribution in [0.25, 0.3) is 11.0 Å². The van der Waals surface area contributed by atoms with Crippen molar-refractivity contribution >= 4 is 34.5 Å². The van der Waals surface area contributed by atoms with E-state index in [2.05, 4.69) is 23.1 Å². The van der Waals surface area contributed by atoms with E-state index in [-0.39, 0.29) is 11.0 Å². The molecule has 1 aliphatic rings. The van der Waals surface area contributed by atoms with Crippen molar-refractivity contribution in [3.63, 3.8) is 0 Å². The van der Waals surface area contributed by atoms with Gasteiger partial charge in [0.25, 0.3) is 0 Å². The lowest BCUT2D eigenvalue weighted by Crippen LogP contribution is -2.36. The molecular formula is C11H15FN3O14P3. The number of nitrogens with one attached hydrogen (secondary N) is 1. The van der Waals surface area contributed by atoms with Crippen LogP contribution >= 0.6 is 23.5 Å². The lowest BCUT2D eigenvalue weighted by atomic mass is 10.1. The minimum absolute atomic E-state index is 0.0963. The first kappa shape index (κ1) is 25.3. The maximum atomic E-state index is 13.3. The summed E-state index contributed by atoms with van der Waals surface area (Å²) in [6.45, 7) is -1.07. The number of rotatable bonds is 8. The van der Waals surface area contributed by atoms with E-state index < -0.39 is 66.3 Å². The summed E-state index contributed by atoms with van der Waals surface area (Å²) in [5, 5.41) is 20.4. The molecule has 0 saturated carbocycles. The minimum atomic E-state index is -5.75. The number of aliphatic hydroxyl groups excluding tert-OH is 2. The molecule has 0 spiro atoms. The van der Waals surface area contributed by atoms with E-state index in [0.717, 1.165) is 12.3 Å². The first-order valence-electron chi connectivity index (χ1n) is 8.14. The Morgan fingerprint density at radius 3 is 2.41 bits per heavy atom. The predicted octanol–water partition coefficient (Wildman–Crippen LogP) is -1.17. The van der Waals surface area contributed by atoms with Gasteiger partial charge in [-0.25, -0.2) is 18.5 Å². The molecule has 1 aliphatic heterocycles. The van der Waals surface area contributed by atoms with E-state index in [0.29, 0.717) is 4.57 Å². The van der Waals surface area contributed by atoms with E-state index in [1.165, 1.54) is 0 Å². The molecule has 0 aromatic carbocycles. The zero-order valence-electron chi connectivity index (χ0n) is 15.2. The van der Waals surface area contributed by atoms with Crippen LogP contribution in [0.2, 0.25) is 0 Å². The van der Waals surface area contributed by atoms with Crippen molar-refractivity contribution < 1.29 is 65.8 Å². The van der Waals surface area contributed by atoms with Crippen molar-refractivity contribution in [1.82, 2.24) is 14.5 Å². The summed E-state index contributed by atoms with van der Waals surface area (Å²) in [5.74, 6) is -0.800. The molecule has 0 amide bonds. The van der Waals surface area contributed by atoms with Crippen LogP contribution in [0.1, 0.15) is 6.23 Å². The van der Waals surface area contributed by atoms with Crippen molar-refractivity contribution in [2.24, 2.45) is 0 Å². The fourth-order valence-corrected chi connectivity index (χ4v) is 5.76. The number of phosphoric acid groups is 3. The second-order valence-electron chi connectivity index (χ2n) is 6.29. The molecule has 1 saturated heterocycles. The zero-order chi connectivity index (χ0) is 24.1. The molecule has 180 valence electrons. The third-order valence-electron chi connectivity index (χ3n) is 3.93. The second-order valence-corrected chi connectivity index (χ2v) is 10.7. The fraction of sp³-hybridized carbons (Fsp3) is 0.455. The normalized spacial score (nSPS) is 28.0. The van der Waals surface area contributed by atoms with Gasteiger partial charge in [0.15, 0.2) is 12.2 Å². The molecule has 1 fully saturated rings. The number of aliphatic hydroxyl groups is 2. The first-order valence-corrected chi connectivity index (χ1v) is 12.7. The Morgan fingerprint density at radius 2 is 1.78 bits per heavy atom. The fourth-order valence-electron chi connectivity index (χ4n) is 2.73. The smallest absolute Gasteiger partial charge is 0.387 e. The second kappa shape index (κ2) is 8.77. The Hall–Kier alpha value is -1.36. The first-order chi connectivity index (χ1) is 14.6. The maximum Gasteiger partial charge on any atom is 0.490 e. The van der Waals surface area contributed by atoms with E-state index in [1.54, 1.807) is 0 Å². The molecule has 0 radical (unpaired) electrons. The van der Waals surface area contributed by atoms with Crippen molar-refractivity contribution in [2.45, 2.75) is 24.5 Å². The number of nitrogens with zero attached hydrogens (tertiary/aromatic N) is 2. The lowest BCUT2D eigenvalue weighted by Gasteiger charge is -2.19. The molecule has 32 heavy (non-hydrogen) atoms. The van der Waals surface area contributed by atoms with Crippen molar-refractivity contribution in [3.05, 3.63) is 28.7 Å². The van der Waals surface area contributed by atoms with E-state index in [4.69, 9.17) is 19.4 Å². The lowest BCUT2D eigenvalue weighted by molar-refractivity contribution is -0.0539. The van der Waals surface area contributed by atoms with Gasteiger partial charge in [-0.05, 0) is 0 Å². The van der Waals surface area contributed by atoms with Gasteiger partial charge in [-0.15, -0.1) is 0 Å². The monoisotopic (exact) mass is 525 g/mol. The average Bonchev–Trinajstić information content (AvgIpc) is 3.08. The molecule has 7 N–H and O–H groups in total. The van der Waals surface area contributed by atoms with Gasteiger partial charge < -0.3 is 39.5 Å². The van der Waals surface area contributed by atoms with Gasteiger partial charge in [-0.3, -0.25) is 9.09 Å². The standard InChI is InChI=1S/C11H15FN3O14P3/c12-6-1-4-2-15(11(18)14-9(4)13-6)10-8(17)7(16)5(27-10)3-26-31(22,23)29-32(24,25)28-30(19,20)21/h1-2,5,7-8,10,16-17H,3H2,(H,22,23)(H,24,25)(H,13,14,18)(H2,19,20,21)/t5-,7?,8+,10-/m1/s1. The van der Waals surface area contributed by atoms with Crippen LogP contribution in [-0.2, 0) is 31.6 Å². The zero-order valence-corrected chi connectivity index (χ0v) is 17.9. The van der Waals surface area contributed by atoms with E-state index in [9.17, 15) is 38.0 Å². The third kappa shape index (κ3) is 5.95. The van der Waals surface area contributed by atoms with Crippen LogP contribution in [0.15, 0.2) is 17.1 Å². The number of phosphoric ester groups is 1. The average molecular weight is 525 g/mol. The van der Waals surface area contributed by atoms with Gasteiger partial charge in [0.05, 0.1) is 6.61 Å². The molecule has 21 heteroatoms. The maximum absolute atomic E-state index is 13.3. The minimum Gasteiger partial charge on any atom is -0.387 e. The Balaban J connectivity index is 1.71. The number of H-pyrrole nitrogens is 1. The van der Waals surface area contributed by atoms with Crippen LogP contribution < -0.4 is 5.69 Å². The number of ether oxygens (including phenoxy) is 1. The van der Waals surface area contributed by atoms with E-state index in [1.807, 2.05) is 0 Å². The van der Waals surface area contributed by atoms with Crippen LogP contribution in [0.4, 0.5) is 4.39 Å². The molecular weight excluding hydrogens is 510 g/mol. The van der Waals surface area contributed by atoms with Crippen LogP contribution in [-0.4, -0.2) is 69.2 Å². The molecule has 0 aliphatic carbocycles. The number of hydrogen-bond donors (Lipinski definition) is 7. The Bertz CT molecular complexity index is 1210. The molecule has 6 atom stereocenters. The highest BCUT2D eigenvalue weighted by Crippen LogP contribution is 2.66. The topological polar surface area (TPSA) is 260 Å². The van der Waals surface area contributed by atoms with Crippen LogP contribution in [0, 0.1) is 5.95 Å². The highest BCUT2D eigenvalue weighted by atomic mass is 31.3. The number of fused-ring (bicyclic) bond motifs is 1. The van der Waals surface area contributed by atoms with Crippen LogP contribution in [0.3, 0.4) is 0 Å². The Morgan fingerprint density at radius 1 is 1.12 bits per heavy atom. The highest BCUT2D eigenvalue weighted by Gasteiger charge is 2.46. The van der Waals surface area contributed by atoms with Gasteiger partial charge in [0.2, 0.25) is 0 Å². The Labute approximate surface area is 175 Å². The Kier molecular flexibility index (Phi) is 6.93. The summed E-state index contributed by atoms with van der Waals surface area (Å²) in [6.07, 6.45) is -5.76. The number of hydrogen-bond acceptors (Lipinski definition) is 11. The van der Waals surface area contributed by atoms with Crippen LogP contribution in [0.5, 0.6) is 0 Å². The van der Waals surface area contributed by atoms with Gasteiger partial charge >= 0.3 is 29.2 Å². The summed E-state index contributed by atoms with van der Waals surface area (Å²) >= 11 is 0. The quantitative estimate of drug-likeness (QED) is 0.200. The molecule has 17 nitrogen and oxygen atoms in total. The number of halogens is 1. The van der Waals surface area contributed by atoms with Crippen molar-refractivity contribution in [3.8, 4) is 0 Å². The van der Waals surface area contributed by atoms with E-state index >= 15 is 0 Å². The summed E-state index contributed by atoms with van der Waals surface area (Å²) < 4.78 is 64.3. The molecule has 0 bridgehead atoms. The summed E-state index contributed by atoms with van der Waals surface area (Å²) in [6, 6.07) is 0.989. The van der Waals surface area contributed by atoms with Crippen molar-refractivity contribution in [2.75, 3.05) is 6.61 Å². The summed E-state index contributed by atoms with van der Waals surface area (Å²) in [4.78, 5) is 53.3.